The van der Waals surface area contributed by atoms with Crippen LogP contribution in [0.25, 0.3) is 0 Å². The van der Waals surface area contributed by atoms with Crippen LogP contribution in [0.2, 0.25) is 0 Å². The van der Waals surface area contributed by atoms with Crippen molar-refractivity contribution in [2.75, 3.05) is 27.0 Å². The van der Waals surface area contributed by atoms with Gasteiger partial charge < -0.3 is 23.8 Å². The number of ether oxygens (including phenoxy) is 4. The molecule has 1 aromatic heterocycles. The highest BCUT2D eigenvalue weighted by atomic mass is 19.4. The predicted octanol–water partition coefficient (Wildman–Crippen LogP) is 3.92. The monoisotopic (exact) mass is 466 g/mol. The third-order valence-electron chi connectivity index (χ3n) is 5.89. The van der Waals surface area contributed by atoms with E-state index in [1.54, 1.807) is 11.1 Å². The fourth-order valence-electron chi connectivity index (χ4n) is 4.30. The van der Waals surface area contributed by atoms with Crippen molar-refractivity contribution in [3.63, 3.8) is 0 Å². The first kappa shape index (κ1) is 23.3. The summed E-state index contributed by atoms with van der Waals surface area (Å²) in [6.07, 6.45) is -4.67. The van der Waals surface area contributed by atoms with E-state index in [4.69, 9.17) is 18.9 Å². The number of nitrogens with zero attached hydrogens (tertiary/aromatic N) is 2. The van der Waals surface area contributed by atoms with Gasteiger partial charge in [0.2, 0.25) is 0 Å². The summed E-state index contributed by atoms with van der Waals surface area (Å²) < 4.78 is 60.2. The van der Waals surface area contributed by atoms with Gasteiger partial charge >= 0.3 is 6.18 Å². The van der Waals surface area contributed by atoms with Gasteiger partial charge in [0, 0.05) is 24.7 Å². The zero-order chi connectivity index (χ0) is 23.6. The number of rotatable bonds is 6. The Kier molecular flexibility index (Phi) is 6.49. The summed E-state index contributed by atoms with van der Waals surface area (Å²) in [5.41, 5.74) is 0.421. The molecular weight excluding hydrogens is 441 g/mol. The third kappa shape index (κ3) is 4.91. The number of amides is 1. The number of carbonyl (C=O) groups is 1. The largest absolute Gasteiger partial charge is 0.493 e. The second-order valence-electron chi connectivity index (χ2n) is 8.14. The Bertz CT molecular complexity index is 988. The van der Waals surface area contributed by atoms with Gasteiger partial charge in [0.05, 0.1) is 25.8 Å². The molecular formula is C23H25F3N2O5. The van der Waals surface area contributed by atoms with Crippen molar-refractivity contribution in [1.29, 1.82) is 0 Å². The lowest BCUT2D eigenvalue weighted by molar-refractivity contribution is -0.148. The van der Waals surface area contributed by atoms with Gasteiger partial charge in [-0.3, -0.25) is 9.78 Å². The van der Waals surface area contributed by atoms with Crippen LogP contribution in [0.4, 0.5) is 13.2 Å². The Hall–Kier alpha value is -2.85. The molecule has 2 aromatic rings. The van der Waals surface area contributed by atoms with Gasteiger partial charge in [0.25, 0.3) is 5.91 Å². The van der Waals surface area contributed by atoms with E-state index in [0.717, 1.165) is 5.69 Å². The molecule has 3 heterocycles. The summed E-state index contributed by atoms with van der Waals surface area (Å²) in [4.78, 5) is 19.3. The summed E-state index contributed by atoms with van der Waals surface area (Å²) in [7, 11) is 1.37. The molecule has 3 atom stereocenters. The van der Waals surface area contributed by atoms with Crippen LogP contribution in [0, 0.1) is 0 Å². The quantitative estimate of drug-likeness (QED) is 0.643. The minimum atomic E-state index is -4.34. The van der Waals surface area contributed by atoms with Crippen LogP contribution in [-0.4, -0.2) is 61.2 Å². The van der Waals surface area contributed by atoms with Crippen molar-refractivity contribution in [2.45, 2.75) is 43.8 Å². The SMILES string of the molecule is COc1cc(C(=O)N2CCC3(c4ccccn4)OCOC3C2)ccc1OC(C)CC(F)(F)F. The topological polar surface area (TPSA) is 70.1 Å². The Labute approximate surface area is 189 Å². The summed E-state index contributed by atoms with van der Waals surface area (Å²) in [5, 5.41) is 0. The van der Waals surface area contributed by atoms with E-state index in [0.29, 0.717) is 25.1 Å². The maximum absolute atomic E-state index is 13.2. The van der Waals surface area contributed by atoms with Gasteiger partial charge in [-0.05, 0) is 37.3 Å². The van der Waals surface area contributed by atoms with Gasteiger partial charge in [0.15, 0.2) is 11.5 Å². The van der Waals surface area contributed by atoms with Gasteiger partial charge in [-0.15, -0.1) is 0 Å². The van der Waals surface area contributed by atoms with Gasteiger partial charge in [-0.2, -0.15) is 13.2 Å². The molecule has 0 bridgehead atoms. The van der Waals surface area contributed by atoms with Crippen molar-refractivity contribution < 1.29 is 36.9 Å². The number of fused-ring (bicyclic) bond motifs is 1. The second kappa shape index (κ2) is 9.18. The highest BCUT2D eigenvalue weighted by Crippen LogP contribution is 2.42. The first-order valence-electron chi connectivity index (χ1n) is 10.6. The lowest BCUT2D eigenvalue weighted by atomic mass is 9.85. The number of pyridine rings is 1. The molecule has 7 nitrogen and oxygen atoms in total. The first-order valence-corrected chi connectivity index (χ1v) is 10.6. The minimum Gasteiger partial charge on any atom is -0.493 e. The molecule has 4 rings (SSSR count). The van der Waals surface area contributed by atoms with Gasteiger partial charge in [0.1, 0.15) is 24.6 Å². The van der Waals surface area contributed by atoms with Crippen LogP contribution < -0.4 is 9.47 Å². The molecule has 0 saturated carbocycles. The van der Waals surface area contributed by atoms with E-state index in [-0.39, 0.29) is 30.3 Å². The number of halogens is 3. The molecule has 0 N–H and O–H groups in total. The van der Waals surface area contributed by atoms with Crippen molar-refractivity contribution in [3.05, 3.63) is 53.9 Å². The zero-order valence-corrected chi connectivity index (χ0v) is 18.3. The molecule has 2 saturated heterocycles. The average Bonchev–Trinajstić information content (AvgIpc) is 3.22. The molecule has 2 aliphatic heterocycles. The fraction of sp³-hybridized carbons (Fsp3) is 0.478. The Balaban J connectivity index is 1.47. The fourth-order valence-corrected chi connectivity index (χ4v) is 4.30. The van der Waals surface area contributed by atoms with Gasteiger partial charge in [-0.25, -0.2) is 0 Å². The van der Waals surface area contributed by atoms with Crippen molar-refractivity contribution in [1.82, 2.24) is 9.88 Å². The van der Waals surface area contributed by atoms with E-state index < -0.39 is 24.3 Å². The number of methoxy groups -OCH3 is 1. The van der Waals surface area contributed by atoms with E-state index in [1.165, 1.54) is 32.2 Å². The number of hydrogen-bond donors (Lipinski definition) is 0. The molecule has 2 aliphatic rings. The predicted molar refractivity (Wildman–Crippen MR) is 111 cm³/mol. The third-order valence-corrected chi connectivity index (χ3v) is 5.89. The van der Waals surface area contributed by atoms with Crippen LogP contribution in [0.5, 0.6) is 11.5 Å². The minimum absolute atomic E-state index is 0.124. The molecule has 33 heavy (non-hydrogen) atoms. The molecule has 10 heteroatoms. The maximum atomic E-state index is 13.2. The number of likely N-dealkylation sites (tertiary alicyclic amines) is 1. The molecule has 1 aromatic carbocycles. The number of aromatic nitrogens is 1. The van der Waals surface area contributed by atoms with Crippen LogP contribution >= 0.6 is 0 Å². The van der Waals surface area contributed by atoms with Crippen LogP contribution in [0.1, 0.15) is 35.8 Å². The summed E-state index contributed by atoms with van der Waals surface area (Å²) in [6.45, 7) is 2.20. The van der Waals surface area contributed by atoms with Crippen molar-refractivity contribution >= 4 is 5.91 Å². The molecule has 0 spiro atoms. The lowest BCUT2D eigenvalue weighted by Crippen LogP contribution is -2.53. The summed E-state index contributed by atoms with van der Waals surface area (Å²) in [5.74, 6) is 0.0922. The molecule has 2 fully saturated rings. The molecule has 0 radical (unpaired) electrons. The smallest absolute Gasteiger partial charge is 0.392 e. The number of carbonyl (C=O) groups excluding carboxylic acids is 1. The molecule has 1 amide bonds. The highest BCUT2D eigenvalue weighted by Gasteiger charge is 2.52. The molecule has 178 valence electrons. The summed E-state index contributed by atoms with van der Waals surface area (Å²) >= 11 is 0. The van der Waals surface area contributed by atoms with E-state index in [1.807, 2.05) is 18.2 Å². The highest BCUT2D eigenvalue weighted by molar-refractivity contribution is 5.95. The first-order chi connectivity index (χ1) is 15.7. The summed E-state index contributed by atoms with van der Waals surface area (Å²) in [6, 6.07) is 10.1. The number of alkyl halides is 3. The van der Waals surface area contributed by atoms with Crippen LogP contribution in [0.15, 0.2) is 42.6 Å². The Morgan fingerprint density at radius 3 is 2.82 bits per heavy atom. The average molecular weight is 466 g/mol. The van der Waals surface area contributed by atoms with Crippen molar-refractivity contribution in [3.8, 4) is 11.5 Å². The molecule has 3 unspecified atom stereocenters. The number of benzene rings is 1. The van der Waals surface area contributed by atoms with E-state index in [9.17, 15) is 18.0 Å². The van der Waals surface area contributed by atoms with Gasteiger partial charge in [-0.1, -0.05) is 6.07 Å². The second-order valence-corrected chi connectivity index (χ2v) is 8.14. The maximum Gasteiger partial charge on any atom is 0.392 e. The van der Waals surface area contributed by atoms with Crippen LogP contribution in [-0.2, 0) is 15.1 Å². The number of piperidine rings is 1. The van der Waals surface area contributed by atoms with Crippen molar-refractivity contribution in [2.24, 2.45) is 0 Å². The van der Waals surface area contributed by atoms with E-state index >= 15 is 0 Å². The lowest BCUT2D eigenvalue weighted by Gasteiger charge is -2.41. The Morgan fingerprint density at radius 2 is 2.12 bits per heavy atom. The van der Waals surface area contributed by atoms with E-state index in [2.05, 4.69) is 4.98 Å². The molecule has 0 aliphatic carbocycles. The zero-order valence-electron chi connectivity index (χ0n) is 18.3. The van der Waals surface area contributed by atoms with Crippen LogP contribution in [0.3, 0.4) is 0 Å². The standard InChI is InChI=1S/C23H25F3N2O5/c1-15(12-23(24,25)26)33-17-7-6-16(11-18(17)30-2)21(29)28-10-8-22(19-5-3-4-9-27-19)20(13-28)31-14-32-22/h3-7,9,11,15,20H,8,10,12-14H2,1-2H3. The normalized spacial score (nSPS) is 23.7. The number of hydrogen-bond acceptors (Lipinski definition) is 6. The Morgan fingerprint density at radius 1 is 1.30 bits per heavy atom.